The van der Waals surface area contributed by atoms with Gasteiger partial charge in [0.1, 0.15) is 5.82 Å². The molecule has 0 bridgehead atoms. The van der Waals surface area contributed by atoms with Crippen molar-refractivity contribution in [1.29, 1.82) is 5.26 Å². The standard InChI is InChI=1S/C11H16N4/c1-9(7-13-2)8-15-11-5-10(6-12)3-4-14-11/h3-5,9,13H,7-8H2,1-2H3,(H,14,15). The quantitative estimate of drug-likeness (QED) is 0.757. The third-order valence-corrected chi connectivity index (χ3v) is 2.07. The minimum Gasteiger partial charge on any atom is -0.370 e. The van der Waals surface area contributed by atoms with Gasteiger partial charge in [-0.25, -0.2) is 4.98 Å². The van der Waals surface area contributed by atoms with Gasteiger partial charge in [0, 0.05) is 12.7 Å². The first-order valence-electron chi connectivity index (χ1n) is 5.01. The first-order valence-corrected chi connectivity index (χ1v) is 5.01. The Labute approximate surface area is 90.3 Å². The van der Waals surface area contributed by atoms with Crippen LogP contribution in [0.4, 0.5) is 5.82 Å². The maximum atomic E-state index is 8.71. The van der Waals surface area contributed by atoms with Gasteiger partial charge in [-0.15, -0.1) is 0 Å². The number of pyridine rings is 1. The summed E-state index contributed by atoms with van der Waals surface area (Å²) < 4.78 is 0. The molecule has 0 fully saturated rings. The summed E-state index contributed by atoms with van der Waals surface area (Å²) in [5, 5.41) is 15.0. The molecule has 0 amide bonds. The second-order valence-corrected chi connectivity index (χ2v) is 3.59. The molecular weight excluding hydrogens is 188 g/mol. The van der Waals surface area contributed by atoms with Crippen molar-refractivity contribution in [3.05, 3.63) is 23.9 Å². The molecule has 0 radical (unpaired) electrons. The molecule has 0 aliphatic rings. The van der Waals surface area contributed by atoms with Gasteiger partial charge in [-0.1, -0.05) is 6.92 Å². The fourth-order valence-corrected chi connectivity index (χ4v) is 1.30. The maximum absolute atomic E-state index is 8.71. The van der Waals surface area contributed by atoms with Crippen LogP contribution >= 0.6 is 0 Å². The van der Waals surface area contributed by atoms with Crippen LogP contribution in [0, 0.1) is 17.2 Å². The van der Waals surface area contributed by atoms with E-state index in [9.17, 15) is 0 Å². The molecular formula is C11H16N4. The van der Waals surface area contributed by atoms with Crippen LogP contribution in [-0.2, 0) is 0 Å². The monoisotopic (exact) mass is 204 g/mol. The smallest absolute Gasteiger partial charge is 0.127 e. The first-order chi connectivity index (χ1) is 7.26. The molecule has 1 aromatic heterocycles. The normalized spacial score (nSPS) is 11.8. The van der Waals surface area contributed by atoms with Gasteiger partial charge in [0.05, 0.1) is 11.6 Å². The van der Waals surface area contributed by atoms with Crippen molar-refractivity contribution in [2.75, 3.05) is 25.5 Å². The fourth-order valence-electron chi connectivity index (χ4n) is 1.30. The molecule has 80 valence electrons. The van der Waals surface area contributed by atoms with E-state index in [2.05, 4.69) is 28.6 Å². The second kappa shape index (κ2) is 5.99. The van der Waals surface area contributed by atoms with Gasteiger partial charge < -0.3 is 10.6 Å². The minimum atomic E-state index is 0.530. The van der Waals surface area contributed by atoms with Crippen LogP contribution < -0.4 is 10.6 Å². The molecule has 0 spiro atoms. The first kappa shape index (κ1) is 11.5. The predicted molar refractivity (Wildman–Crippen MR) is 60.5 cm³/mol. The van der Waals surface area contributed by atoms with E-state index in [4.69, 9.17) is 5.26 Å². The van der Waals surface area contributed by atoms with Crippen LogP contribution in [0.25, 0.3) is 0 Å². The van der Waals surface area contributed by atoms with Crippen molar-refractivity contribution in [2.24, 2.45) is 5.92 Å². The van der Waals surface area contributed by atoms with Crippen molar-refractivity contribution in [3.63, 3.8) is 0 Å². The lowest BCUT2D eigenvalue weighted by Crippen LogP contribution is -2.23. The minimum absolute atomic E-state index is 0.530. The Balaban J connectivity index is 2.47. The van der Waals surface area contributed by atoms with Gasteiger partial charge in [-0.2, -0.15) is 5.26 Å². The molecule has 15 heavy (non-hydrogen) atoms. The van der Waals surface area contributed by atoms with Gasteiger partial charge in [-0.05, 0) is 31.6 Å². The molecule has 0 aliphatic heterocycles. The zero-order chi connectivity index (χ0) is 11.1. The van der Waals surface area contributed by atoms with Crippen molar-refractivity contribution in [3.8, 4) is 6.07 Å². The summed E-state index contributed by atoms with van der Waals surface area (Å²) in [5.74, 6) is 1.29. The van der Waals surface area contributed by atoms with Crippen molar-refractivity contribution >= 4 is 5.82 Å². The largest absolute Gasteiger partial charge is 0.370 e. The highest BCUT2D eigenvalue weighted by Gasteiger charge is 2.01. The van der Waals surface area contributed by atoms with Crippen molar-refractivity contribution in [1.82, 2.24) is 10.3 Å². The molecule has 2 N–H and O–H groups in total. The summed E-state index contributed by atoms with van der Waals surface area (Å²) in [6.07, 6.45) is 1.64. The SMILES string of the molecule is CNCC(C)CNc1cc(C#N)ccn1. The summed E-state index contributed by atoms with van der Waals surface area (Å²) in [4.78, 5) is 4.14. The van der Waals surface area contributed by atoms with E-state index < -0.39 is 0 Å². The summed E-state index contributed by atoms with van der Waals surface area (Å²) in [6, 6.07) is 5.54. The molecule has 0 saturated heterocycles. The van der Waals surface area contributed by atoms with Crippen molar-refractivity contribution < 1.29 is 0 Å². The average Bonchev–Trinajstić information content (AvgIpc) is 2.27. The molecule has 0 aliphatic carbocycles. The number of aromatic nitrogens is 1. The highest BCUT2D eigenvalue weighted by atomic mass is 15.0. The summed E-state index contributed by atoms with van der Waals surface area (Å²) in [5.41, 5.74) is 0.633. The number of hydrogen-bond donors (Lipinski definition) is 2. The summed E-state index contributed by atoms with van der Waals surface area (Å²) >= 11 is 0. The Morgan fingerprint density at radius 1 is 1.53 bits per heavy atom. The molecule has 1 heterocycles. The van der Waals surface area contributed by atoms with Crippen LogP contribution in [0.3, 0.4) is 0 Å². The fraction of sp³-hybridized carbons (Fsp3) is 0.455. The lowest BCUT2D eigenvalue weighted by atomic mass is 10.2. The highest BCUT2D eigenvalue weighted by molar-refractivity contribution is 5.42. The molecule has 1 rings (SSSR count). The van der Waals surface area contributed by atoms with Crippen LogP contribution in [0.1, 0.15) is 12.5 Å². The lowest BCUT2D eigenvalue weighted by Gasteiger charge is -2.12. The highest BCUT2D eigenvalue weighted by Crippen LogP contribution is 2.06. The number of nitrogens with zero attached hydrogens (tertiary/aromatic N) is 2. The number of nitriles is 1. The molecule has 0 saturated carbocycles. The summed E-state index contributed by atoms with van der Waals surface area (Å²) in [6.45, 7) is 3.96. The van der Waals surface area contributed by atoms with E-state index in [1.54, 1.807) is 18.3 Å². The lowest BCUT2D eigenvalue weighted by molar-refractivity contribution is 0.569. The van der Waals surface area contributed by atoms with E-state index in [1.807, 2.05) is 7.05 Å². The molecule has 1 unspecified atom stereocenters. The maximum Gasteiger partial charge on any atom is 0.127 e. The van der Waals surface area contributed by atoms with E-state index >= 15 is 0 Å². The van der Waals surface area contributed by atoms with Crippen LogP contribution in [0.2, 0.25) is 0 Å². The third kappa shape index (κ3) is 3.96. The molecule has 4 nitrogen and oxygen atoms in total. The Bertz CT molecular complexity index is 343. The van der Waals surface area contributed by atoms with E-state index in [0.717, 1.165) is 18.9 Å². The van der Waals surface area contributed by atoms with Gasteiger partial charge >= 0.3 is 0 Å². The Morgan fingerprint density at radius 2 is 2.33 bits per heavy atom. The van der Waals surface area contributed by atoms with E-state index in [1.165, 1.54) is 0 Å². The van der Waals surface area contributed by atoms with Gasteiger partial charge in [0.2, 0.25) is 0 Å². The van der Waals surface area contributed by atoms with Crippen LogP contribution in [0.5, 0.6) is 0 Å². The third-order valence-electron chi connectivity index (χ3n) is 2.07. The molecule has 4 heteroatoms. The van der Waals surface area contributed by atoms with E-state index in [-0.39, 0.29) is 0 Å². The Morgan fingerprint density at radius 3 is 3.00 bits per heavy atom. The Hall–Kier alpha value is -1.60. The number of rotatable bonds is 5. The second-order valence-electron chi connectivity index (χ2n) is 3.59. The van der Waals surface area contributed by atoms with Crippen molar-refractivity contribution in [2.45, 2.75) is 6.92 Å². The molecule has 1 aromatic rings. The zero-order valence-electron chi connectivity index (χ0n) is 9.12. The summed E-state index contributed by atoms with van der Waals surface area (Å²) in [7, 11) is 1.94. The number of anilines is 1. The predicted octanol–water partition coefficient (Wildman–Crippen LogP) is 1.22. The van der Waals surface area contributed by atoms with Gasteiger partial charge in [-0.3, -0.25) is 0 Å². The number of hydrogen-bond acceptors (Lipinski definition) is 4. The van der Waals surface area contributed by atoms with Crippen LogP contribution in [0.15, 0.2) is 18.3 Å². The number of nitrogens with one attached hydrogen (secondary N) is 2. The Kier molecular flexibility index (Phi) is 4.58. The zero-order valence-corrected chi connectivity index (χ0v) is 9.12. The van der Waals surface area contributed by atoms with Gasteiger partial charge in [0.25, 0.3) is 0 Å². The van der Waals surface area contributed by atoms with Crippen LogP contribution in [-0.4, -0.2) is 25.1 Å². The molecule has 1 atom stereocenters. The van der Waals surface area contributed by atoms with Gasteiger partial charge in [0.15, 0.2) is 0 Å². The van der Waals surface area contributed by atoms with E-state index in [0.29, 0.717) is 11.5 Å². The topological polar surface area (TPSA) is 60.7 Å². The average molecular weight is 204 g/mol. The molecule has 0 aromatic carbocycles.